The van der Waals surface area contributed by atoms with Crippen molar-refractivity contribution < 1.29 is 17.7 Å². The van der Waals surface area contributed by atoms with Gasteiger partial charge in [0, 0.05) is 17.3 Å². The van der Waals surface area contributed by atoms with Gasteiger partial charge in [0.25, 0.3) is 15.6 Å². The Balaban J connectivity index is 1.81. The first kappa shape index (κ1) is 22.2. The van der Waals surface area contributed by atoms with Gasteiger partial charge in [-0.25, -0.2) is 13.4 Å². The van der Waals surface area contributed by atoms with Crippen molar-refractivity contribution >= 4 is 15.8 Å². The molecular formula is C22H21N5O5S. The van der Waals surface area contributed by atoms with E-state index in [1.54, 1.807) is 45.0 Å². The van der Waals surface area contributed by atoms with Crippen molar-refractivity contribution in [2.75, 3.05) is 11.8 Å². The number of benzene rings is 1. The minimum atomic E-state index is -4.04. The third kappa shape index (κ3) is 4.35. The third-order valence-electron chi connectivity index (χ3n) is 4.88. The summed E-state index contributed by atoms with van der Waals surface area (Å²) in [6.45, 7) is 5.15. The molecule has 4 aromatic rings. The fourth-order valence-corrected chi connectivity index (χ4v) is 4.54. The molecule has 4 rings (SSSR count). The molecule has 0 amide bonds. The van der Waals surface area contributed by atoms with Gasteiger partial charge in [-0.15, -0.1) is 0 Å². The largest absolute Gasteiger partial charge is 0.495 e. The molecule has 11 heteroatoms. The summed E-state index contributed by atoms with van der Waals surface area (Å²) in [6.07, 6.45) is 0. The molecular weight excluding hydrogens is 446 g/mol. The van der Waals surface area contributed by atoms with Gasteiger partial charge in [0.15, 0.2) is 5.76 Å². The van der Waals surface area contributed by atoms with Crippen LogP contribution in [0.2, 0.25) is 0 Å². The number of hydrogen-bond donors (Lipinski definition) is 1. The number of anilines is 1. The standard InChI is InChI=1S/C22H21N5O5S/c1-13-6-5-7-20(23-13)26-33(29,30)19-12-16(8-10-18(19)31-4)17-9-11-21(28)27(24-17)22-14(2)25-32-15(22)3/h5-12H,1-4H3,(H,23,26). The lowest BCUT2D eigenvalue weighted by Gasteiger charge is -2.13. The number of methoxy groups -OCH3 is 1. The number of hydrogen-bond acceptors (Lipinski definition) is 8. The van der Waals surface area contributed by atoms with E-state index in [9.17, 15) is 13.2 Å². The summed E-state index contributed by atoms with van der Waals surface area (Å²) in [5, 5.41) is 8.28. The number of pyridine rings is 1. The maximum absolute atomic E-state index is 13.1. The van der Waals surface area contributed by atoms with Gasteiger partial charge < -0.3 is 9.26 Å². The number of sulfonamides is 1. The van der Waals surface area contributed by atoms with Crippen LogP contribution in [0.25, 0.3) is 16.9 Å². The number of rotatable bonds is 6. The van der Waals surface area contributed by atoms with Crippen LogP contribution in [0, 0.1) is 20.8 Å². The summed E-state index contributed by atoms with van der Waals surface area (Å²) < 4.78 is 40.4. The summed E-state index contributed by atoms with van der Waals surface area (Å²) in [7, 11) is -2.65. The smallest absolute Gasteiger partial charge is 0.271 e. The maximum Gasteiger partial charge on any atom is 0.271 e. The maximum atomic E-state index is 13.1. The lowest BCUT2D eigenvalue weighted by atomic mass is 10.1. The van der Waals surface area contributed by atoms with Gasteiger partial charge in [0.05, 0.1) is 12.8 Å². The molecule has 10 nitrogen and oxygen atoms in total. The summed E-state index contributed by atoms with van der Waals surface area (Å²) >= 11 is 0. The molecule has 0 atom stereocenters. The first-order chi connectivity index (χ1) is 15.7. The van der Waals surface area contributed by atoms with Gasteiger partial charge in [-0.05, 0) is 57.2 Å². The predicted octanol–water partition coefficient (Wildman–Crippen LogP) is 3.02. The van der Waals surface area contributed by atoms with Crippen molar-refractivity contribution in [2.45, 2.75) is 25.7 Å². The van der Waals surface area contributed by atoms with Gasteiger partial charge in [-0.2, -0.15) is 9.78 Å². The molecule has 1 N–H and O–H groups in total. The van der Waals surface area contributed by atoms with E-state index in [1.165, 1.54) is 36.1 Å². The zero-order chi connectivity index (χ0) is 23.8. The number of aryl methyl sites for hydroxylation is 3. The number of aromatic nitrogens is 4. The van der Waals surface area contributed by atoms with Crippen LogP contribution in [0.5, 0.6) is 5.75 Å². The van der Waals surface area contributed by atoms with E-state index in [1.807, 2.05) is 0 Å². The number of ether oxygens (including phenoxy) is 1. The predicted molar refractivity (Wildman–Crippen MR) is 121 cm³/mol. The second kappa shape index (κ2) is 8.51. The van der Waals surface area contributed by atoms with Crippen molar-refractivity contribution in [3.05, 3.63) is 76.0 Å². The number of nitrogens with zero attached hydrogens (tertiary/aromatic N) is 4. The second-order valence-electron chi connectivity index (χ2n) is 7.28. The molecule has 170 valence electrons. The Morgan fingerprint density at radius 2 is 1.85 bits per heavy atom. The fourth-order valence-electron chi connectivity index (χ4n) is 3.34. The van der Waals surface area contributed by atoms with Crippen LogP contribution in [0.3, 0.4) is 0 Å². The third-order valence-corrected chi connectivity index (χ3v) is 6.26. The highest BCUT2D eigenvalue weighted by atomic mass is 32.2. The molecule has 0 aliphatic carbocycles. The van der Waals surface area contributed by atoms with Crippen LogP contribution >= 0.6 is 0 Å². The Bertz CT molecular complexity index is 1490. The summed E-state index contributed by atoms with van der Waals surface area (Å²) in [6, 6.07) is 12.5. The van der Waals surface area contributed by atoms with E-state index < -0.39 is 10.0 Å². The molecule has 0 saturated carbocycles. The van der Waals surface area contributed by atoms with Crippen LogP contribution < -0.4 is 15.0 Å². The molecule has 33 heavy (non-hydrogen) atoms. The Labute approximate surface area is 189 Å². The highest BCUT2D eigenvalue weighted by Gasteiger charge is 2.22. The monoisotopic (exact) mass is 467 g/mol. The molecule has 0 saturated heterocycles. The molecule has 1 aromatic carbocycles. The highest BCUT2D eigenvalue weighted by molar-refractivity contribution is 7.92. The average Bonchev–Trinajstić information content (AvgIpc) is 3.11. The van der Waals surface area contributed by atoms with Gasteiger partial charge >= 0.3 is 0 Å². The quantitative estimate of drug-likeness (QED) is 0.458. The van der Waals surface area contributed by atoms with Crippen LogP contribution in [0.15, 0.2) is 62.7 Å². The van der Waals surface area contributed by atoms with Gasteiger partial charge in [0.2, 0.25) is 0 Å². The number of nitrogens with one attached hydrogen (secondary N) is 1. The van der Waals surface area contributed by atoms with Crippen LogP contribution in [0.1, 0.15) is 17.1 Å². The van der Waals surface area contributed by atoms with Crippen molar-refractivity contribution in [1.82, 2.24) is 19.9 Å². The Kier molecular flexibility index (Phi) is 5.73. The Hall–Kier alpha value is -3.99. The molecule has 0 fully saturated rings. The Morgan fingerprint density at radius 1 is 1.06 bits per heavy atom. The lowest BCUT2D eigenvalue weighted by Crippen LogP contribution is -2.21. The van der Waals surface area contributed by atoms with Gasteiger partial charge in [-0.1, -0.05) is 11.2 Å². The highest BCUT2D eigenvalue weighted by Crippen LogP contribution is 2.30. The average molecular weight is 468 g/mol. The van der Waals surface area contributed by atoms with Crippen LogP contribution in [-0.2, 0) is 10.0 Å². The topological polar surface area (TPSA) is 129 Å². The van der Waals surface area contributed by atoms with E-state index in [0.717, 1.165) is 0 Å². The van der Waals surface area contributed by atoms with E-state index >= 15 is 0 Å². The molecule has 3 heterocycles. The summed E-state index contributed by atoms with van der Waals surface area (Å²) in [5.41, 5.74) is 2.09. The zero-order valence-electron chi connectivity index (χ0n) is 18.4. The minimum Gasteiger partial charge on any atom is -0.495 e. The van der Waals surface area contributed by atoms with E-state index in [4.69, 9.17) is 9.26 Å². The molecule has 0 radical (unpaired) electrons. The minimum absolute atomic E-state index is 0.0947. The molecule has 0 aliphatic rings. The normalized spacial score (nSPS) is 11.4. The fraction of sp³-hybridized carbons (Fsp3) is 0.182. The molecule has 0 unspecified atom stereocenters. The first-order valence-corrected chi connectivity index (χ1v) is 11.4. The molecule has 0 aliphatic heterocycles. The van der Waals surface area contributed by atoms with Crippen molar-refractivity contribution in [2.24, 2.45) is 0 Å². The first-order valence-electron chi connectivity index (χ1n) is 9.88. The summed E-state index contributed by atoms with van der Waals surface area (Å²) in [5.74, 6) is 0.776. The van der Waals surface area contributed by atoms with E-state index in [-0.39, 0.29) is 22.0 Å². The van der Waals surface area contributed by atoms with Crippen LogP contribution in [-0.4, -0.2) is 35.4 Å². The molecule has 0 bridgehead atoms. The zero-order valence-corrected chi connectivity index (χ0v) is 19.2. The lowest BCUT2D eigenvalue weighted by molar-refractivity contribution is 0.392. The van der Waals surface area contributed by atoms with Crippen molar-refractivity contribution in [3.63, 3.8) is 0 Å². The second-order valence-corrected chi connectivity index (χ2v) is 8.93. The van der Waals surface area contributed by atoms with Crippen molar-refractivity contribution in [3.8, 4) is 22.7 Å². The summed E-state index contributed by atoms with van der Waals surface area (Å²) in [4.78, 5) is 16.6. The van der Waals surface area contributed by atoms with Crippen LogP contribution in [0.4, 0.5) is 5.82 Å². The van der Waals surface area contributed by atoms with E-state index in [0.29, 0.717) is 34.1 Å². The molecule has 0 spiro atoms. The van der Waals surface area contributed by atoms with Gasteiger partial charge in [-0.3, -0.25) is 9.52 Å². The van der Waals surface area contributed by atoms with Gasteiger partial charge in [0.1, 0.15) is 27.8 Å². The van der Waals surface area contributed by atoms with Crippen molar-refractivity contribution in [1.29, 1.82) is 0 Å². The Morgan fingerprint density at radius 3 is 2.52 bits per heavy atom. The SMILES string of the molecule is COc1ccc(-c2ccc(=O)n(-c3c(C)noc3C)n2)cc1S(=O)(=O)Nc1cccc(C)n1. The molecule has 3 aromatic heterocycles. The van der Waals surface area contributed by atoms with E-state index in [2.05, 4.69) is 20.0 Å².